The van der Waals surface area contributed by atoms with Crippen LogP contribution >= 0.6 is 0 Å². The van der Waals surface area contributed by atoms with E-state index in [1.165, 1.54) is 116 Å². The molecule has 0 amide bonds. The van der Waals surface area contributed by atoms with Crippen LogP contribution in [0.2, 0.25) is 0 Å². The maximum atomic E-state index is 13.3. The molecule has 1 aliphatic rings. The fourth-order valence-electron chi connectivity index (χ4n) is 8.89. The predicted octanol–water partition coefficient (Wildman–Crippen LogP) is 15.1. The molecule has 11 nitrogen and oxygen atoms in total. The van der Waals surface area contributed by atoms with Crippen LogP contribution in [-0.2, 0) is 33.3 Å². The number of carbonyl (C=O) groups is 3. The molecule has 1 rings (SSSR count). The van der Waals surface area contributed by atoms with Crippen molar-refractivity contribution in [3.8, 4) is 0 Å². The average molecular weight is 991 g/mol. The SMILES string of the molecule is CCCCCCCC/C=C\CCCCCCCC(=O)OC1(O)OC[C@@H](O)[C@](O)(OC(=O)CCCCCCC/C=C\CCCCCCCC)[C@@]1(O)OC(=O)CCCCCCC/C=C\CCCCCCCC. The number of carbonyl (C=O) groups excluding carboxylic acids is 3. The zero-order chi connectivity index (χ0) is 51.3. The van der Waals surface area contributed by atoms with Gasteiger partial charge < -0.3 is 39.4 Å². The fraction of sp³-hybridized carbons (Fsp3) is 0.847. The highest BCUT2D eigenvalue weighted by Crippen LogP contribution is 2.44. The summed E-state index contributed by atoms with van der Waals surface area (Å²) in [5.74, 6) is -13.7. The summed E-state index contributed by atoms with van der Waals surface area (Å²) in [7, 11) is 0. The van der Waals surface area contributed by atoms with E-state index in [4.69, 9.17) is 18.9 Å². The highest BCUT2D eigenvalue weighted by atomic mass is 16.9. The highest BCUT2D eigenvalue weighted by molar-refractivity contribution is 5.72. The first-order chi connectivity index (χ1) is 34.0. The topological polar surface area (TPSA) is 169 Å². The molecule has 1 fully saturated rings. The van der Waals surface area contributed by atoms with E-state index >= 15 is 0 Å². The largest absolute Gasteiger partial charge is 0.422 e. The Morgan fingerprint density at radius 3 is 0.971 bits per heavy atom. The minimum Gasteiger partial charge on any atom is -0.422 e. The van der Waals surface area contributed by atoms with E-state index in [2.05, 4.69) is 57.2 Å². The van der Waals surface area contributed by atoms with Crippen LogP contribution in [0.1, 0.15) is 290 Å². The number of rotatable bonds is 48. The van der Waals surface area contributed by atoms with Gasteiger partial charge in [-0.2, -0.15) is 0 Å². The van der Waals surface area contributed by atoms with Gasteiger partial charge in [0.15, 0.2) is 0 Å². The van der Waals surface area contributed by atoms with Crippen molar-refractivity contribution in [1.82, 2.24) is 0 Å². The number of aliphatic hydroxyl groups is 4. The van der Waals surface area contributed by atoms with Crippen LogP contribution in [0.5, 0.6) is 0 Å². The first-order valence-corrected chi connectivity index (χ1v) is 29.1. The number of hydrogen-bond donors (Lipinski definition) is 4. The molecular formula is C59H106O11. The molecule has 408 valence electrons. The van der Waals surface area contributed by atoms with Crippen LogP contribution in [-0.4, -0.2) is 68.6 Å². The van der Waals surface area contributed by atoms with Gasteiger partial charge in [0.05, 0.1) is 6.61 Å². The summed E-state index contributed by atoms with van der Waals surface area (Å²) in [5.41, 5.74) is 0. The van der Waals surface area contributed by atoms with E-state index in [0.29, 0.717) is 38.5 Å². The molecular weight excluding hydrogens is 885 g/mol. The molecule has 0 aromatic rings. The maximum absolute atomic E-state index is 13.3. The summed E-state index contributed by atoms with van der Waals surface area (Å²) in [6.07, 6.45) is 52.3. The zero-order valence-corrected chi connectivity index (χ0v) is 45.1. The number of unbranched alkanes of at least 4 members (excludes halogenated alkanes) is 33. The summed E-state index contributed by atoms with van der Waals surface area (Å²) >= 11 is 0. The van der Waals surface area contributed by atoms with Crippen molar-refractivity contribution < 1.29 is 53.8 Å². The van der Waals surface area contributed by atoms with Gasteiger partial charge in [0.1, 0.15) is 6.10 Å². The van der Waals surface area contributed by atoms with Crippen molar-refractivity contribution in [3.63, 3.8) is 0 Å². The Bertz CT molecular complexity index is 1360. The fourth-order valence-corrected chi connectivity index (χ4v) is 8.89. The lowest BCUT2D eigenvalue weighted by molar-refractivity contribution is -0.545. The van der Waals surface area contributed by atoms with Crippen LogP contribution < -0.4 is 0 Å². The molecule has 1 aliphatic heterocycles. The van der Waals surface area contributed by atoms with Crippen molar-refractivity contribution in [2.24, 2.45) is 0 Å². The van der Waals surface area contributed by atoms with Gasteiger partial charge >= 0.3 is 35.5 Å². The summed E-state index contributed by atoms with van der Waals surface area (Å²) < 4.78 is 21.1. The Labute approximate surface area is 427 Å². The number of ether oxygens (including phenoxy) is 4. The Hall–Kier alpha value is -2.57. The molecule has 0 aromatic heterocycles. The summed E-state index contributed by atoms with van der Waals surface area (Å²) in [5, 5.41) is 46.4. The van der Waals surface area contributed by atoms with Gasteiger partial charge in [-0.15, -0.1) is 0 Å². The van der Waals surface area contributed by atoms with Gasteiger partial charge in [-0.1, -0.05) is 211 Å². The molecule has 0 radical (unpaired) electrons. The van der Waals surface area contributed by atoms with E-state index in [0.717, 1.165) is 96.3 Å². The molecule has 11 heteroatoms. The van der Waals surface area contributed by atoms with Crippen LogP contribution in [0.25, 0.3) is 0 Å². The number of hydrogen-bond acceptors (Lipinski definition) is 11. The van der Waals surface area contributed by atoms with Gasteiger partial charge in [-0.3, -0.25) is 14.4 Å². The van der Waals surface area contributed by atoms with Crippen LogP contribution in [0.15, 0.2) is 36.5 Å². The van der Waals surface area contributed by atoms with E-state index in [9.17, 15) is 34.8 Å². The maximum Gasteiger partial charge on any atom is 0.404 e. The van der Waals surface area contributed by atoms with Crippen LogP contribution in [0, 0.1) is 0 Å². The van der Waals surface area contributed by atoms with Crippen molar-refractivity contribution in [3.05, 3.63) is 36.5 Å². The van der Waals surface area contributed by atoms with Gasteiger partial charge in [0.2, 0.25) is 0 Å². The number of esters is 3. The number of aliphatic hydroxyl groups excluding tert-OH is 1. The van der Waals surface area contributed by atoms with E-state index in [1.54, 1.807) is 0 Å². The second kappa shape index (κ2) is 44.0. The molecule has 0 aromatic carbocycles. The summed E-state index contributed by atoms with van der Waals surface area (Å²) in [6, 6.07) is 0. The smallest absolute Gasteiger partial charge is 0.404 e. The zero-order valence-electron chi connectivity index (χ0n) is 45.1. The van der Waals surface area contributed by atoms with Gasteiger partial charge in [-0.05, 0) is 96.3 Å². The van der Waals surface area contributed by atoms with Crippen molar-refractivity contribution in [2.45, 2.75) is 314 Å². The predicted molar refractivity (Wildman–Crippen MR) is 283 cm³/mol. The van der Waals surface area contributed by atoms with Crippen molar-refractivity contribution in [2.75, 3.05) is 6.61 Å². The standard InChI is InChI=1S/C59H106O11/c1-4-7-10-13-16-19-22-25-28-31-34-37-40-43-46-49-54(61)68-57(64)53(60)52-67-59(66,70-56(63)51-48-45-42-39-36-33-30-27-24-21-18-15-12-9-6-3)58(57,65)69-55(62)50-47-44-41-38-35-32-29-26-23-20-17-14-11-8-5-2/h25-30,53,60,64-66H,4-24,31-52H2,1-3H3/b28-25-,29-26-,30-27-/t53-,57+,58-,59?/m1/s1. The third-order valence-electron chi connectivity index (χ3n) is 13.5. The average Bonchev–Trinajstić information content (AvgIpc) is 3.33. The molecule has 0 saturated carbocycles. The monoisotopic (exact) mass is 991 g/mol. The second-order valence-corrected chi connectivity index (χ2v) is 20.2. The molecule has 0 bridgehead atoms. The summed E-state index contributed by atoms with van der Waals surface area (Å²) in [6.45, 7) is 5.78. The van der Waals surface area contributed by atoms with Gasteiger partial charge in [0.25, 0.3) is 0 Å². The van der Waals surface area contributed by atoms with Gasteiger partial charge in [-0.25, -0.2) is 0 Å². The third-order valence-corrected chi connectivity index (χ3v) is 13.5. The Morgan fingerprint density at radius 1 is 0.400 bits per heavy atom. The minimum absolute atomic E-state index is 0.168. The van der Waals surface area contributed by atoms with E-state index in [1.807, 2.05) is 0 Å². The lowest BCUT2D eigenvalue weighted by Crippen LogP contribution is -2.80. The molecule has 1 unspecified atom stereocenters. The van der Waals surface area contributed by atoms with Crippen LogP contribution in [0.3, 0.4) is 0 Å². The third kappa shape index (κ3) is 31.1. The first kappa shape index (κ1) is 65.4. The molecule has 1 heterocycles. The molecule has 1 saturated heterocycles. The Morgan fingerprint density at radius 2 is 0.657 bits per heavy atom. The highest BCUT2D eigenvalue weighted by Gasteiger charge is 2.78. The molecule has 4 N–H and O–H groups in total. The first-order valence-electron chi connectivity index (χ1n) is 29.1. The quantitative estimate of drug-likeness (QED) is 0.0150. The minimum atomic E-state index is -3.72. The Kier molecular flexibility index (Phi) is 41.1. The normalized spacial score (nSPS) is 20.5. The second-order valence-electron chi connectivity index (χ2n) is 20.2. The van der Waals surface area contributed by atoms with Crippen molar-refractivity contribution in [1.29, 1.82) is 0 Å². The lowest BCUT2D eigenvalue weighted by Gasteiger charge is -2.51. The number of allylic oxidation sites excluding steroid dienone is 6. The molecule has 0 aliphatic carbocycles. The molecule has 4 atom stereocenters. The van der Waals surface area contributed by atoms with Gasteiger partial charge in [0, 0.05) is 19.3 Å². The van der Waals surface area contributed by atoms with E-state index in [-0.39, 0.29) is 19.3 Å². The summed E-state index contributed by atoms with van der Waals surface area (Å²) in [4.78, 5) is 39.7. The molecule has 70 heavy (non-hydrogen) atoms. The molecule has 0 spiro atoms. The van der Waals surface area contributed by atoms with Crippen molar-refractivity contribution >= 4 is 17.9 Å². The lowest BCUT2D eigenvalue weighted by atomic mass is 9.93. The van der Waals surface area contributed by atoms with E-state index < -0.39 is 48.2 Å². The van der Waals surface area contributed by atoms with Crippen LogP contribution in [0.4, 0.5) is 0 Å². The Balaban J connectivity index is 2.73.